The van der Waals surface area contributed by atoms with Crippen molar-refractivity contribution in [3.05, 3.63) is 0 Å². The highest BCUT2D eigenvalue weighted by Crippen LogP contribution is 2.25. The molecule has 0 saturated heterocycles. The fourth-order valence-corrected chi connectivity index (χ4v) is 8.31. The van der Waals surface area contributed by atoms with Crippen LogP contribution in [0.1, 0.15) is 285 Å². The summed E-state index contributed by atoms with van der Waals surface area (Å²) in [7, 11) is 2.32. The van der Waals surface area contributed by atoms with Gasteiger partial charge < -0.3 is 14.7 Å². The van der Waals surface area contributed by atoms with Crippen LogP contribution in [0, 0.1) is 5.92 Å². The summed E-state index contributed by atoms with van der Waals surface area (Å²) in [4.78, 5) is 23.6. The number of carbonyl (C=O) groups is 2. The van der Waals surface area contributed by atoms with Gasteiger partial charge >= 0.3 is 5.97 Å². The summed E-state index contributed by atoms with van der Waals surface area (Å²) in [5.74, 6) is 1.06. The highest BCUT2D eigenvalue weighted by atomic mass is 16.5. The Morgan fingerprint density at radius 2 is 0.714 bits per heavy atom. The average molecular weight is 794 g/mol. The summed E-state index contributed by atoms with van der Waals surface area (Å²) in [5.41, 5.74) is 0. The summed E-state index contributed by atoms with van der Waals surface area (Å²) in [6, 6.07) is 0. The molecule has 0 radical (unpaired) electrons. The Labute approximate surface area is 352 Å². The SMILES string of the molecule is CCCCCCCCC(CCCCCCCC)CCCCCCCN(C)CCCCCCCC(=O)OC(CCCCCCCC)CCCCCCCC.O=CO. The molecule has 0 amide bonds. The molecule has 0 fully saturated rings. The lowest BCUT2D eigenvalue weighted by Gasteiger charge is -2.18. The number of unbranched alkanes of at least 4 members (excludes halogenated alkanes) is 28. The van der Waals surface area contributed by atoms with E-state index in [2.05, 4.69) is 39.6 Å². The van der Waals surface area contributed by atoms with Crippen molar-refractivity contribution >= 4 is 12.4 Å². The molecule has 336 valence electrons. The van der Waals surface area contributed by atoms with Gasteiger partial charge in [-0.3, -0.25) is 9.59 Å². The Kier molecular flexibility index (Phi) is 50.9. The van der Waals surface area contributed by atoms with E-state index in [1.165, 1.54) is 238 Å². The molecule has 0 aliphatic heterocycles. The third-order valence-electron chi connectivity index (χ3n) is 12.1. The molecule has 56 heavy (non-hydrogen) atoms. The number of ether oxygens (including phenoxy) is 1. The quantitative estimate of drug-likeness (QED) is 0.0378. The molecule has 0 spiro atoms. The number of rotatable bonds is 45. The number of nitrogens with zero attached hydrogens (tertiary/aromatic N) is 1. The van der Waals surface area contributed by atoms with Crippen LogP contribution in [-0.2, 0) is 14.3 Å². The van der Waals surface area contributed by atoms with Gasteiger partial charge in [-0.25, -0.2) is 0 Å². The second kappa shape index (κ2) is 50.0. The zero-order valence-corrected chi connectivity index (χ0v) is 39.0. The standard InChI is InChI=1S/C50H101NO2.CH2O2/c1-6-10-14-18-24-32-40-48(41-33-25-19-15-11-7-2)42-34-26-22-30-38-46-51(5)47-39-31-23-29-37-45-50(52)53-49(43-35-27-20-16-12-8-3)44-36-28-21-17-13-9-4;2-1-3/h48-49H,6-47H2,1-5H3;1H,(H,2,3). The Morgan fingerprint density at radius 1 is 0.446 bits per heavy atom. The predicted octanol–water partition coefficient (Wildman–Crippen LogP) is 16.8. The van der Waals surface area contributed by atoms with Gasteiger partial charge in [-0.15, -0.1) is 0 Å². The Bertz CT molecular complexity index is 713. The van der Waals surface area contributed by atoms with Crippen molar-refractivity contribution in [2.45, 2.75) is 291 Å². The lowest BCUT2D eigenvalue weighted by molar-refractivity contribution is -0.150. The molecular formula is C51H103NO4. The lowest BCUT2D eigenvalue weighted by atomic mass is 9.89. The third-order valence-corrected chi connectivity index (χ3v) is 12.1. The molecule has 0 aromatic rings. The van der Waals surface area contributed by atoms with Crippen LogP contribution in [0.4, 0.5) is 0 Å². The molecule has 5 heteroatoms. The van der Waals surface area contributed by atoms with Crippen LogP contribution in [0.15, 0.2) is 0 Å². The van der Waals surface area contributed by atoms with Crippen LogP contribution in [-0.4, -0.2) is 48.7 Å². The second-order valence-electron chi connectivity index (χ2n) is 17.7. The molecule has 0 bridgehead atoms. The van der Waals surface area contributed by atoms with Gasteiger partial charge in [0.05, 0.1) is 0 Å². The molecule has 0 heterocycles. The first-order chi connectivity index (χ1) is 27.5. The maximum absolute atomic E-state index is 12.7. The summed E-state index contributed by atoms with van der Waals surface area (Å²) in [5, 5.41) is 6.89. The monoisotopic (exact) mass is 794 g/mol. The van der Waals surface area contributed by atoms with E-state index in [0.717, 1.165) is 31.6 Å². The maximum atomic E-state index is 12.7. The Balaban J connectivity index is 0. The van der Waals surface area contributed by atoms with E-state index in [-0.39, 0.29) is 18.5 Å². The zero-order chi connectivity index (χ0) is 41.4. The van der Waals surface area contributed by atoms with Crippen LogP contribution in [0.25, 0.3) is 0 Å². The molecule has 0 atom stereocenters. The average Bonchev–Trinajstić information content (AvgIpc) is 3.19. The summed E-state index contributed by atoms with van der Waals surface area (Å²) in [6.07, 6.45) is 53.4. The van der Waals surface area contributed by atoms with Gasteiger partial charge in [-0.1, -0.05) is 233 Å². The van der Waals surface area contributed by atoms with Crippen molar-refractivity contribution in [1.29, 1.82) is 0 Å². The van der Waals surface area contributed by atoms with E-state index in [1.807, 2.05) is 0 Å². The van der Waals surface area contributed by atoms with Crippen molar-refractivity contribution < 1.29 is 19.4 Å². The van der Waals surface area contributed by atoms with Gasteiger partial charge in [0.15, 0.2) is 0 Å². The topological polar surface area (TPSA) is 66.8 Å². The second-order valence-corrected chi connectivity index (χ2v) is 17.7. The summed E-state index contributed by atoms with van der Waals surface area (Å²) >= 11 is 0. The third kappa shape index (κ3) is 47.3. The van der Waals surface area contributed by atoms with Gasteiger partial charge in [0.1, 0.15) is 6.10 Å². The molecule has 0 aliphatic rings. The minimum absolute atomic E-state index is 0.0628. The summed E-state index contributed by atoms with van der Waals surface area (Å²) in [6.45, 7) is 11.4. The first-order valence-corrected chi connectivity index (χ1v) is 25.4. The van der Waals surface area contributed by atoms with Crippen molar-refractivity contribution in [2.75, 3.05) is 20.1 Å². The number of esters is 1. The van der Waals surface area contributed by atoms with E-state index in [4.69, 9.17) is 14.6 Å². The number of hydrogen-bond donors (Lipinski definition) is 1. The first kappa shape index (κ1) is 57.0. The van der Waals surface area contributed by atoms with Gasteiger partial charge in [0.25, 0.3) is 6.47 Å². The molecular weight excluding hydrogens is 691 g/mol. The van der Waals surface area contributed by atoms with Crippen molar-refractivity contribution in [3.63, 3.8) is 0 Å². The molecule has 0 saturated carbocycles. The van der Waals surface area contributed by atoms with Gasteiger partial charge in [0.2, 0.25) is 0 Å². The zero-order valence-electron chi connectivity index (χ0n) is 39.0. The molecule has 1 N–H and O–H groups in total. The van der Waals surface area contributed by atoms with E-state index in [0.29, 0.717) is 6.42 Å². The minimum Gasteiger partial charge on any atom is -0.483 e. The van der Waals surface area contributed by atoms with Crippen LogP contribution < -0.4 is 0 Å². The van der Waals surface area contributed by atoms with E-state index >= 15 is 0 Å². The number of carboxylic acid groups (broad SMARTS) is 1. The van der Waals surface area contributed by atoms with Crippen LogP contribution in [0.5, 0.6) is 0 Å². The van der Waals surface area contributed by atoms with Gasteiger partial charge in [-0.05, 0) is 71.0 Å². The Morgan fingerprint density at radius 3 is 1.05 bits per heavy atom. The van der Waals surface area contributed by atoms with E-state index in [9.17, 15) is 4.79 Å². The molecule has 0 aromatic heterocycles. The highest BCUT2D eigenvalue weighted by molar-refractivity contribution is 5.69. The first-order valence-electron chi connectivity index (χ1n) is 25.4. The lowest BCUT2D eigenvalue weighted by Crippen LogP contribution is -2.20. The van der Waals surface area contributed by atoms with Crippen LogP contribution >= 0.6 is 0 Å². The van der Waals surface area contributed by atoms with Crippen molar-refractivity contribution in [2.24, 2.45) is 5.92 Å². The van der Waals surface area contributed by atoms with E-state index < -0.39 is 0 Å². The fourth-order valence-electron chi connectivity index (χ4n) is 8.31. The van der Waals surface area contributed by atoms with Gasteiger partial charge in [-0.2, -0.15) is 0 Å². The van der Waals surface area contributed by atoms with Crippen LogP contribution in [0.3, 0.4) is 0 Å². The molecule has 0 aromatic carbocycles. The molecule has 0 unspecified atom stereocenters. The van der Waals surface area contributed by atoms with Crippen LogP contribution in [0.2, 0.25) is 0 Å². The predicted molar refractivity (Wildman–Crippen MR) is 247 cm³/mol. The largest absolute Gasteiger partial charge is 0.483 e. The highest BCUT2D eigenvalue weighted by Gasteiger charge is 2.14. The maximum Gasteiger partial charge on any atom is 0.306 e. The number of hydrogen-bond acceptors (Lipinski definition) is 4. The fraction of sp³-hybridized carbons (Fsp3) is 0.961. The van der Waals surface area contributed by atoms with Crippen molar-refractivity contribution in [1.82, 2.24) is 4.90 Å². The molecule has 0 aliphatic carbocycles. The van der Waals surface area contributed by atoms with Crippen molar-refractivity contribution in [3.8, 4) is 0 Å². The molecule has 5 nitrogen and oxygen atoms in total. The normalized spacial score (nSPS) is 11.4. The minimum atomic E-state index is -0.250. The molecule has 0 rings (SSSR count). The Hall–Kier alpha value is -1.10. The van der Waals surface area contributed by atoms with Gasteiger partial charge in [0, 0.05) is 6.42 Å². The summed E-state index contributed by atoms with van der Waals surface area (Å²) < 4.78 is 6.05. The number of carbonyl (C=O) groups excluding carboxylic acids is 1. The van der Waals surface area contributed by atoms with E-state index in [1.54, 1.807) is 0 Å². The smallest absolute Gasteiger partial charge is 0.306 e.